The van der Waals surface area contributed by atoms with Crippen LogP contribution in [0.3, 0.4) is 0 Å². The molecule has 1 unspecified atom stereocenters. The van der Waals surface area contributed by atoms with E-state index >= 15 is 0 Å². The van der Waals surface area contributed by atoms with Gasteiger partial charge in [-0.1, -0.05) is 0 Å². The Morgan fingerprint density at radius 2 is 2.15 bits per heavy atom. The first-order valence-corrected chi connectivity index (χ1v) is 11.5. The number of carboxylic acid groups (broad SMARTS) is 1. The van der Waals surface area contributed by atoms with Crippen molar-refractivity contribution < 1.29 is 19.4 Å². The molecule has 174 valence electrons. The largest absolute Gasteiger partial charge is 0.477 e. The molecule has 0 radical (unpaired) electrons. The highest BCUT2D eigenvalue weighted by Crippen LogP contribution is 2.28. The zero-order valence-electron chi connectivity index (χ0n) is 18.6. The van der Waals surface area contributed by atoms with Gasteiger partial charge in [-0.15, -0.1) is 11.3 Å². The maximum atomic E-state index is 12.9. The van der Waals surface area contributed by atoms with Gasteiger partial charge in [0.1, 0.15) is 11.4 Å². The predicted octanol–water partition coefficient (Wildman–Crippen LogP) is 1.83. The number of carboxylic acids is 1. The first kappa shape index (κ1) is 22.9. The number of aromatic nitrogens is 3. The summed E-state index contributed by atoms with van der Waals surface area (Å²) >= 11 is 1.31. The zero-order valence-corrected chi connectivity index (χ0v) is 19.4. The summed E-state index contributed by atoms with van der Waals surface area (Å²) < 4.78 is 6.98. The number of thiazole rings is 1. The van der Waals surface area contributed by atoms with E-state index in [1.165, 1.54) is 17.5 Å². The quantitative estimate of drug-likeness (QED) is 0.510. The molecule has 1 atom stereocenters. The molecule has 0 spiro atoms. The molecule has 0 aromatic carbocycles. The molecule has 1 amide bonds. The van der Waals surface area contributed by atoms with Crippen molar-refractivity contribution in [2.45, 2.75) is 26.9 Å². The van der Waals surface area contributed by atoms with Gasteiger partial charge in [0.25, 0.3) is 0 Å². The Morgan fingerprint density at radius 3 is 2.79 bits per heavy atom. The number of carbonyl (C=O) groups is 2. The number of hydrogen-bond donors (Lipinski definition) is 2. The fourth-order valence-corrected chi connectivity index (χ4v) is 4.45. The van der Waals surface area contributed by atoms with Crippen LogP contribution in [-0.4, -0.2) is 63.9 Å². The molecule has 0 bridgehead atoms. The van der Waals surface area contributed by atoms with Crippen molar-refractivity contribution in [2.24, 2.45) is 5.92 Å². The van der Waals surface area contributed by atoms with Gasteiger partial charge < -0.3 is 20.1 Å². The van der Waals surface area contributed by atoms with Gasteiger partial charge in [0.05, 0.1) is 17.4 Å². The van der Waals surface area contributed by atoms with Gasteiger partial charge in [-0.25, -0.2) is 14.8 Å². The molecule has 1 saturated heterocycles. The van der Waals surface area contributed by atoms with Crippen LogP contribution in [0.5, 0.6) is 0 Å². The number of fused-ring (bicyclic) bond motifs is 1. The lowest BCUT2D eigenvalue weighted by Gasteiger charge is -2.39. The number of aromatic carboxylic acids is 1. The number of amides is 1. The summed E-state index contributed by atoms with van der Waals surface area (Å²) in [7, 11) is 0. The molecule has 3 aromatic heterocycles. The number of hydrogen-bond acceptors (Lipinski definition) is 8. The first-order chi connectivity index (χ1) is 15.8. The molecular weight excluding hydrogens is 446 g/mol. The second-order valence-electron chi connectivity index (χ2n) is 7.97. The van der Waals surface area contributed by atoms with E-state index in [-0.39, 0.29) is 28.9 Å². The van der Waals surface area contributed by atoms with E-state index in [0.29, 0.717) is 48.4 Å². The average Bonchev–Trinajstić information content (AvgIpc) is 3.25. The van der Waals surface area contributed by atoms with Crippen molar-refractivity contribution in [2.75, 3.05) is 31.1 Å². The van der Waals surface area contributed by atoms with Gasteiger partial charge in [0.15, 0.2) is 10.8 Å². The van der Waals surface area contributed by atoms with Crippen LogP contribution in [0.4, 0.5) is 5.82 Å². The van der Waals surface area contributed by atoms with Crippen molar-refractivity contribution in [3.8, 4) is 5.13 Å². The summed E-state index contributed by atoms with van der Waals surface area (Å²) in [4.78, 5) is 47.8. The fraction of sp³-hybridized carbons (Fsp3) is 0.409. The van der Waals surface area contributed by atoms with Crippen LogP contribution >= 0.6 is 11.3 Å². The van der Waals surface area contributed by atoms with Gasteiger partial charge in [-0.05, 0) is 32.4 Å². The summed E-state index contributed by atoms with van der Waals surface area (Å²) in [6.45, 7) is 7.64. The van der Waals surface area contributed by atoms with Crippen LogP contribution in [0.1, 0.15) is 29.8 Å². The number of ether oxygens (including phenoxy) is 1. The van der Waals surface area contributed by atoms with Crippen molar-refractivity contribution in [1.82, 2.24) is 19.9 Å². The second kappa shape index (κ2) is 9.28. The summed E-state index contributed by atoms with van der Waals surface area (Å²) in [5.74, 6) is -0.862. The third-order valence-corrected chi connectivity index (χ3v) is 6.36. The summed E-state index contributed by atoms with van der Waals surface area (Å²) in [5, 5.41) is 14.9. The maximum absolute atomic E-state index is 12.9. The summed E-state index contributed by atoms with van der Waals surface area (Å²) in [6, 6.07) is 1.76. The highest BCUT2D eigenvalue weighted by atomic mass is 32.1. The molecule has 4 rings (SSSR count). The Balaban J connectivity index is 1.62. The Hall–Kier alpha value is -3.31. The molecule has 33 heavy (non-hydrogen) atoms. The summed E-state index contributed by atoms with van der Waals surface area (Å²) in [6.07, 6.45) is 2.83. The van der Waals surface area contributed by atoms with Gasteiger partial charge in [-0.2, -0.15) is 0 Å². The van der Waals surface area contributed by atoms with Gasteiger partial charge in [0.2, 0.25) is 11.3 Å². The van der Waals surface area contributed by atoms with E-state index in [1.807, 2.05) is 18.7 Å². The minimum atomic E-state index is -1.30. The highest BCUT2D eigenvalue weighted by molar-refractivity contribution is 7.12. The van der Waals surface area contributed by atoms with Crippen LogP contribution in [0, 0.1) is 12.8 Å². The number of nitrogens with zero attached hydrogens (tertiary/aromatic N) is 4. The molecule has 0 aliphatic carbocycles. The molecular formula is C22H25N5O5S. The van der Waals surface area contributed by atoms with Crippen LogP contribution in [0.2, 0.25) is 0 Å². The lowest BCUT2D eigenvalue weighted by atomic mass is 9.98. The Morgan fingerprint density at radius 1 is 1.39 bits per heavy atom. The van der Waals surface area contributed by atoms with Crippen LogP contribution < -0.4 is 15.6 Å². The third-order valence-electron chi connectivity index (χ3n) is 5.59. The molecule has 1 aliphatic rings. The Labute approximate surface area is 193 Å². The SMILES string of the molecule is CCOC(C)CNC(=O)C1CN(c2cc(C)c3c(=O)c(C(=O)O)cn(-c4nccs4)c3n2)C1. The third kappa shape index (κ3) is 4.46. The predicted molar refractivity (Wildman–Crippen MR) is 125 cm³/mol. The number of aryl methyl sites for hydroxylation is 1. The monoisotopic (exact) mass is 471 g/mol. The molecule has 1 fully saturated rings. The molecule has 0 saturated carbocycles. The van der Waals surface area contributed by atoms with E-state index in [4.69, 9.17) is 4.74 Å². The van der Waals surface area contributed by atoms with E-state index in [0.717, 1.165) is 0 Å². The van der Waals surface area contributed by atoms with Gasteiger partial charge >= 0.3 is 5.97 Å². The van der Waals surface area contributed by atoms with E-state index in [9.17, 15) is 19.5 Å². The average molecular weight is 472 g/mol. The lowest BCUT2D eigenvalue weighted by Crippen LogP contribution is -2.54. The minimum Gasteiger partial charge on any atom is -0.477 e. The molecule has 3 aromatic rings. The number of nitrogens with one attached hydrogen (secondary N) is 1. The van der Waals surface area contributed by atoms with Crippen molar-refractivity contribution >= 4 is 40.1 Å². The van der Waals surface area contributed by atoms with E-state index < -0.39 is 11.4 Å². The molecule has 10 nitrogen and oxygen atoms in total. The summed E-state index contributed by atoms with van der Waals surface area (Å²) in [5.41, 5.74) is 0.0451. The molecule has 2 N–H and O–H groups in total. The topological polar surface area (TPSA) is 127 Å². The van der Waals surface area contributed by atoms with Gasteiger partial charge in [0, 0.05) is 44.0 Å². The van der Waals surface area contributed by atoms with E-state index in [2.05, 4.69) is 15.3 Å². The van der Waals surface area contributed by atoms with Crippen LogP contribution in [0.25, 0.3) is 16.2 Å². The Kier molecular flexibility index (Phi) is 6.43. The van der Waals surface area contributed by atoms with Crippen LogP contribution in [-0.2, 0) is 9.53 Å². The van der Waals surface area contributed by atoms with Crippen molar-refractivity contribution in [3.05, 3.63) is 45.2 Å². The minimum absolute atomic E-state index is 0.0268. The standard InChI is InChI=1S/C22H25N5O5S/c1-4-32-13(3)8-24-20(29)14-9-26(10-14)16-7-12(2)17-18(28)15(21(30)31)11-27(19(17)25-16)22-23-5-6-33-22/h5-7,11,13-14H,4,8-10H2,1-3H3,(H,24,29)(H,30,31). The normalized spacial score (nSPS) is 14.8. The molecule has 1 aliphatic heterocycles. The van der Waals surface area contributed by atoms with Crippen molar-refractivity contribution in [1.29, 1.82) is 0 Å². The second-order valence-corrected chi connectivity index (χ2v) is 8.84. The molecule has 4 heterocycles. The fourth-order valence-electron chi connectivity index (χ4n) is 3.84. The number of carbonyl (C=O) groups excluding carboxylic acids is 1. The number of pyridine rings is 2. The highest BCUT2D eigenvalue weighted by Gasteiger charge is 2.34. The van der Waals surface area contributed by atoms with Crippen LogP contribution in [0.15, 0.2) is 28.6 Å². The number of anilines is 1. The first-order valence-electron chi connectivity index (χ1n) is 10.6. The Bertz CT molecular complexity index is 1250. The number of rotatable bonds is 8. The van der Waals surface area contributed by atoms with Crippen molar-refractivity contribution in [3.63, 3.8) is 0 Å². The molecule has 11 heteroatoms. The zero-order chi connectivity index (χ0) is 23.7. The van der Waals surface area contributed by atoms with Gasteiger partial charge in [-0.3, -0.25) is 14.2 Å². The maximum Gasteiger partial charge on any atom is 0.341 e. The lowest BCUT2D eigenvalue weighted by molar-refractivity contribution is -0.126. The van der Waals surface area contributed by atoms with E-state index in [1.54, 1.807) is 29.1 Å². The smallest absolute Gasteiger partial charge is 0.341 e.